The van der Waals surface area contributed by atoms with Crippen molar-refractivity contribution in [1.82, 2.24) is 9.97 Å². The molecule has 0 unspecified atom stereocenters. The second-order valence-corrected chi connectivity index (χ2v) is 6.46. The van der Waals surface area contributed by atoms with Crippen LogP contribution in [0.25, 0.3) is 11.1 Å². The summed E-state index contributed by atoms with van der Waals surface area (Å²) in [7, 11) is 1.55. The molecule has 0 bridgehead atoms. The number of nitrogens with zero attached hydrogens (tertiary/aromatic N) is 2. The summed E-state index contributed by atoms with van der Waals surface area (Å²) >= 11 is 0. The Morgan fingerprint density at radius 2 is 1.87 bits per heavy atom. The number of benzene rings is 1. The van der Waals surface area contributed by atoms with Gasteiger partial charge in [0.2, 0.25) is 17.7 Å². The summed E-state index contributed by atoms with van der Waals surface area (Å²) < 4.78 is 22.3. The average molecular weight is 423 g/mol. The van der Waals surface area contributed by atoms with Crippen LogP contribution in [0.4, 0.5) is 5.69 Å². The fourth-order valence-electron chi connectivity index (χ4n) is 2.83. The second-order valence-electron chi connectivity index (χ2n) is 6.46. The fraction of sp³-hybridized carbons (Fsp3) is 0.261. The lowest BCUT2D eigenvalue weighted by atomic mass is 10.1. The Bertz CT molecular complexity index is 1030. The van der Waals surface area contributed by atoms with Gasteiger partial charge in [0.15, 0.2) is 0 Å². The van der Waals surface area contributed by atoms with E-state index in [-0.39, 0.29) is 5.91 Å². The Hall–Kier alpha value is -3.65. The molecule has 0 aliphatic rings. The van der Waals surface area contributed by atoms with Crippen LogP contribution < -0.4 is 19.5 Å². The Balaban J connectivity index is 1.85. The second kappa shape index (κ2) is 10.9. The standard InChI is InChI=1S/C23H25N3O5/c1-4-29-10-11-30-22-12-17(7-9-24-22)21-6-5-8-25-23(21)31-20-14-18(26-16(2)27)13-19(15-20)28-3/h5-9,12-15H,4,10-11H2,1-3H3,(H,26,27). The molecule has 162 valence electrons. The lowest BCUT2D eigenvalue weighted by Gasteiger charge is -2.13. The van der Waals surface area contributed by atoms with Gasteiger partial charge in [0.05, 0.1) is 13.7 Å². The number of hydrogen-bond acceptors (Lipinski definition) is 7. The maximum Gasteiger partial charge on any atom is 0.227 e. The summed E-state index contributed by atoms with van der Waals surface area (Å²) in [4.78, 5) is 20.1. The minimum Gasteiger partial charge on any atom is -0.497 e. The van der Waals surface area contributed by atoms with Crippen LogP contribution in [0.2, 0.25) is 0 Å². The molecule has 0 radical (unpaired) electrons. The van der Waals surface area contributed by atoms with Gasteiger partial charge in [-0.25, -0.2) is 9.97 Å². The lowest BCUT2D eigenvalue weighted by Crippen LogP contribution is -2.07. The van der Waals surface area contributed by atoms with Crippen LogP contribution in [-0.2, 0) is 9.53 Å². The third-order valence-electron chi connectivity index (χ3n) is 4.15. The molecule has 0 atom stereocenters. The predicted octanol–water partition coefficient (Wildman–Crippen LogP) is 4.32. The van der Waals surface area contributed by atoms with E-state index in [0.717, 1.165) is 11.1 Å². The first-order valence-electron chi connectivity index (χ1n) is 9.85. The first-order chi connectivity index (χ1) is 15.1. The van der Waals surface area contributed by atoms with E-state index in [1.165, 1.54) is 6.92 Å². The van der Waals surface area contributed by atoms with E-state index in [0.29, 0.717) is 48.8 Å². The third kappa shape index (κ3) is 6.42. The van der Waals surface area contributed by atoms with E-state index in [1.807, 2.05) is 31.2 Å². The summed E-state index contributed by atoms with van der Waals surface area (Å²) in [6.45, 7) is 4.92. The van der Waals surface area contributed by atoms with Crippen LogP contribution in [0.1, 0.15) is 13.8 Å². The van der Waals surface area contributed by atoms with E-state index in [2.05, 4.69) is 15.3 Å². The molecule has 8 heteroatoms. The smallest absolute Gasteiger partial charge is 0.227 e. The third-order valence-corrected chi connectivity index (χ3v) is 4.15. The largest absolute Gasteiger partial charge is 0.497 e. The zero-order valence-electron chi connectivity index (χ0n) is 17.8. The van der Waals surface area contributed by atoms with Crippen molar-refractivity contribution in [1.29, 1.82) is 0 Å². The molecule has 2 heterocycles. The first-order valence-corrected chi connectivity index (χ1v) is 9.85. The SMILES string of the molecule is CCOCCOc1cc(-c2cccnc2Oc2cc(NC(C)=O)cc(OC)c2)ccn1. The number of amides is 1. The molecule has 1 N–H and O–H groups in total. The van der Waals surface area contributed by atoms with Crippen LogP contribution in [0.15, 0.2) is 54.9 Å². The minimum atomic E-state index is -0.189. The van der Waals surface area contributed by atoms with Crippen LogP contribution in [0, 0.1) is 0 Å². The quantitative estimate of drug-likeness (QED) is 0.486. The summed E-state index contributed by atoms with van der Waals surface area (Å²) in [5.41, 5.74) is 2.17. The van der Waals surface area contributed by atoms with Crippen molar-refractivity contribution >= 4 is 11.6 Å². The number of aromatic nitrogens is 2. The highest BCUT2D eigenvalue weighted by Gasteiger charge is 2.12. The van der Waals surface area contributed by atoms with Gasteiger partial charge in [-0.15, -0.1) is 0 Å². The summed E-state index contributed by atoms with van der Waals surface area (Å²) in [6, 6.07) is 12.5. The van der Waals surface area contributed by atoms with E-state index < -0.39 is 0 Å². The molecule has 31 heavy (non-hydrogen) atoms. The van der Waals surface area contributed by atoms with E-state index >= 15 is 0 Å². The van der Waals surface area contributed by atoms with Gasteiger partial charge in [-0.2, -0.15) is 0 Å². The summed E-state index contributed by atoms with van der Waals surface area (Å²) in [6.07, 6.45) is 3.32. The number of anilines is 1. The molecule has 2 aromatic heterocycles. The molecule has 0 aliphatic heterocycles. The number of methoxy groups -OCH3 is 1. The number of carbonyl (C=O) groups excluding carboxylic acids is 1. The van der Waals surface area contributed by atoms with Gasteiger partial charge in [0.25, 0.3) is 0 Å². The number of pyridine rings is 2. The Kier molecular flexibility index (Phi) is 7.78. The summed E-state index contributed by atoms with van der Waals surface area (Å²) in [5, 5.41) is 2.73. The molecule has 0 aliphatic carbocycles. The highest BCUT2D eigenvalue weighted by atomic mass is 16.5. The lowest BCUT2D eigenvalue weighted by molar-refractivity contribution is -0.114. The maximum atomic E-state index is 11.4. The van der Waals surface area contributed by atoms with Crippen molar-refractivity contribution < 1.29 is 23.7 Å². The minimum absolute atomic E-state index is 0.189. The van der Waals surface area contributed by atoms with Crippen LogP contribution in [0.3, 0.4) is 0 Å². The monoisotopic (exact) mass is 423 g/mol. The topological polar surface area (TPSA) is 91.8 Å². The van der Waals surface area contributed by atoms with E-state index in [9.17, 15) is 4.79 Å². The zero-order chi connectivity index (χ0) is 22.1. The highest BCUT2D eigenvalue weighted by molar-refractivity contribution is 5.89. The molecule has 0 spiro atoms. The predicted molar refractivity (Wildman–Crippen MR) is 117 cm³/mol. The molecule has 1 aromatic carbocycles. The van der Waals surface area contributed by atoms with Crippen molar-refractivity contribution in [2.75, 3.05) is 32.2 Å². The van der Waals surface area contributed by atoms with Crippen LogP contribution in [0.5, 0.6) is 23.3 Å². The van der Waals surface area contributed by atoms with Gasteiger partial charge >= 0.3 is 0 Å². The van der Waals surface area contributed by atoms with Crippen LogP contribution in [-0.4, -0.2) is 42.8 Å². The Morgan fingerprint density at radius 3 is 2.65 bits per heavy atom. The van der Waals surface area contributed by atoms with Crippen LogP contribution >= 0.6 is 0 Å². The molecular formula is C23H25N3O5. The van der Waals surface area contributed by atoms with Crippen molar-refractivity contribution in [3.05, 3.63) is 54.9 Å². The fourth-order valence-corrected chi connectivity index (χ4v) is 2.83. The first kappa shape index (κ1) is 22.0. The maximum absolute atomic E-state index is 11.4. The normalized spacial score (nSPS) is 10.4. The Morgan fingerprint density at radius 1 is 1.03 bits per heavy atom. The molecule has 0 fully saturated rings. The van der Waals surface area contributed by atoms with Crippen molar-refractivity contribution in [2.24, 2.45) is 0 Å². The van der Waals surface area contributed by atoms with Gasteiger partial charge in [0, 0.05) is 61.4 Å². The van der Waals surface area contributed by atoms with Gasteiger partial charge in [-0.05, 0) is 30.7 Å². The summed E-state index contributed by atoms with van der Waals surface area (Å²) in [5.74, 6) is 1.72. The molecule has 3 rings (SSSR count). The van der Waals surface area contributed by atoms with E-state index in [1.54, 1.807) is 37.7 Å². The van der Waals surface area contributed by atoms with Gasteiger partial charge < -0.3 is 24.3 Å². The van der Waals surface area contributed by atoms with Gasteiger partial charge in [0.1, 0.15) is 18.1 Å². The molecule has 8 nitrogen and oxygen atoms in total. The average Bonchev–Trinajstić information content (AvgIpc) is 2.76. The van der Waals surface area contributed by atoms with Gasteiger partial charge in [-0.1, -0.05) is 0 Å². The zero-order valence-corrected chi connectivity index (χ0v) is 17.8. The van der Waals surface area contributed by atoms with Crippen molar-refractivity contribution in [3.8, 4) is 34.4 Å². The number of hydrogen-bond donors (Lipinski definition) is 1. The van der Waals surface area contributed by atoms with E-state index in [4.69, 9.17) is 18.9 Å². The number of nitrogens with one attached hydrogen (secondary N) is 1. The molecule has 0 saturated carbocycles. The van der Waals surface area contributed by atoms with Crippen molar-refractivity contribution in [2.45, 2.75) is 13.8 Å². The highest BCUT2D eigenvalue weighted by Crippen LogP contribution is 2.35. The molecule has 3 aromatic rings. The number of ether oxygens (including phenoxy) is 4. The molecule has 0 saturated heterocycles. The molecular weight excluding hydrogens is 398 g/mol. The number of rotatable bonds is 10. The van der Waals surface area contributed by atoms with Gasteiger partial charge in [-0.3, -0.25) is 4.79 Å². The molecule has 1 amide bonds. The number of carbonyl (C=O) groups is 1. The van der Waals surface area contributed by atoms with Crippen molar-refractivity contribution in [3.63, 3.8) is 0 Å². The Labute approximate surface area is 181 Å².